The third-order valence-electron chi connectivity index (χ3n) is 5.34. The summed E-state index contributed by atoms with van der Waals surface area (Å²) in [6.45, 7) is 7.75. The molecular weight excluding hydrogens is 650 g/mol. The maximum atomic E-state index is 10.9. The van der Waals surface area contributed by atoms with E-state index in [0.717, 1.165) is 31.9 Å². The molecule has 0 amide bonds. The average Bonchev–Trinajstić information content (AvgIpc) is 3.28. The van der Waals surface area contributed by atoms with E-state index in [1.807, 2.05) is 18.3 Å². The Kier molecular flexibility index (Phi) is 9.46. The predicted molar refractivity (Wildman–Crippen MR) is 131 cm³/mol. The van der Waals surface area contributed by atoms with Crippen LogP contribution in [0.1, 0.15) is 10.4 Å². The van der Waals surface area contributed by atoms with Crippen molar-refractivity contribution in [1.82, 2.24) is 19.5 Å². The van der Waals surface area contributed by atoms with Crippen LogP contribution in [0.4, 0.5) is 17.3 Å². The number of allylic oxidation sites excluding steroid dienone is 1. The molecule has 0 bridgehead atoms. The van der Waals surface area contributed by atoms with Gasteiger partial charge in [-0.2, -0.15) is 36.4 Å². The van der Waals surface area contributed by atoms with Crippen LogP contribution in [0.5, 0.6) is 0 Å². The molecule has 8 heteroatoms. The third-order valence-corrected chi connectivity index (χ3v) is 5.34. The van der Waals surface area contributed by atoms with Gasteiger partial charge in [-0.25, -0.2) is 17.1 Å². The van der Waals surface area contributed by atoms with Crippen molar-refractivity contribution in [2.45, 2.75) is 0 Å². The van der Waals surface area contributed by atoms with Gasteiger partial charge < -0.3 is 19.9 Å². The first-order valence-corrected chi connectivity index (χ1v) is 10.8. The van der Waals surface area contributed by atoms with Crippen LogP contribution >= 0.6 is 0 Å². The molecule has 1 saturated heterocycles. The van der Waals surface area contributed by atoms with Gasteiger partial charge in [-0.05, 0) is 37.4 Å². The Balaban J connectivity index is 0.000000250. The Morgan fingerprint density at radius 3 is 2.50 bits per heavy atom. The molecule has 0 spiro atoms. The van der Waals surface area contributed by atoms with E-state index < -0.39 is 0 Å². The number of carbonyl (C=O) groups is 1. The number of anilines is 3. The topological polar surface area (TPSA) is 65.8 Å². The molecule has 1 aliphatic heterocycles. The molecule has 2 aromatic carbocycles. The van der Waals surface area contributed by atoms with E-state index in [-0.39, 0.29) is 36.9 Å². The zero-order valence-corrected chi connectivity index (χ0v) is 23.3. The summed E-state index contributed by atoms with van der Waals surface area (Å²) in [5.74, 6) is 0.525. The van der Waals surface area contributed by atoms with E-state index >= 15 is 0 Å². The molecule has 34 heavy (non-hydrogen) atoms. The normalized spacial score (nSPS) is 13.4. The number of likely N-dealkylation sites (N-methyl/N-ethyl adjacent to an activating group) is 1. The number of aromatic nitrogens is 3. The minimum Gasteiger partial charge on any atom is -0.369 e. The summed E-state index contributed by atoms with van der Waals surface area (Å²) in [6, 6.07) is 24.9. The summed E-state index contributed by atoms with van der Waals surface area (Å²) in [5.41, 5.74) is 3.60. The molecule has 7 nitrogen and oxygen atoms in total. The van der Waals surface area contributed by atoms with Crippen molar-refractivity contribution in [1.29, 1.82) is 0 Å². The quantitative estimate of drug-likeness (QED) is 0.197. The predicted octanol–water partition coefficient (Wildman–Crippen LogP) is 3.88. The van der Waals surface area contributed by atoms with E-state index in [2.05, 4.69) is 75.2 Å². The Morgan fingerprint density at radius 1 is 1.09 bits per heavy atom. The number of carbonyl (C=O) groups excluding carboxylic acids is 1. The first-order chi connectivity index (χ1) is 16.1. The number of hydrogen-bond donors (Lipinski definition) is 1. The molecule has 170 valence electrons. The molecular formula is C26H26N6OU. The summed E-state index contributed by atoms with van der Waals surface area (Å²) in [7, 11) is 2.17. The van der Waals surface area contributed by atoms with E-state index in [0.29, 0.717) is 17.2 Å². The Morgan fingerprint density at radius 2 is 1.85 bits per heavy atom. The summed E-state index contributed by atoms with van der Waals surface area (Å²) in [4.78, 5) is 20.1. The minimum absolute atomic E-state index is 0. The summed E-state index contributed by atoms with van der Waals surface area (Å²) in [6.07, 6.45) is 3.16. The molecule has 2 aromatic heterocycles. The van der Waals surface area contributed by atoms with Crippen molar-refractivity contribution in [2.75, 3.05) is 43.4 Å². The fraction of sp³-hybridized carbons (Fsp3) is 0.192. The molecule has 0 atom stereocenters. The molecule has 1 N–H and O–H groups in total. The molecule has 0 aliphatic carbocycles. The van der Waals surface area contributed by atoms with Gasteiger partial charge in [-0.15, -0.1) is 5.10 Å². The molecule has 5 rings (SSSR count). The first-order valence-electron chi connectivity index (χ1n) is 10.8. The molecule has 4 aromatic rings. The smallest absolute Gasteiger partial charge is 0.369 e. The second-order valence-corrected chi connectivity index (χ2v) is 7.68. The van der Waals surface area contributed by atoms with Gasteiger partial charge in [0.15, 0.2) is 0 Å². The van der Waals surface area contributed by atoms with Crippen LogP contribution in [-0.4, -0.2) is 58.5 Å². The van der Waals surface area contributed by atoms with Gasteiger partial charge >= 0.3 is 31.1 Å². The number of rotatable bonds is 5. The molecule has 1 aliphatic rings. The van der Waals surface area contributed by atoms with E-state index in [1.165, 1.54) is 11.8 Å². The number of ketones is 1. The van der Waals surface area contributed by atoms with Crippen molar-refractivity contribution < 1.29 is 35.9 Å². The average molecular weight is 677 g/mol. The summed E-state index contributed by atoms with van der Waals surface area (Å²) < 4.78 is 1.71. The maximum Gasteiger partial charge on any atom is 2.00 e. The molecule has 0 unspecified atom stereocenters. The number of pyridine rings is 1. The Labute approximate surface area is 223 Å². The fourth-order valence-electron chi connectivity index (χ4n) is 3.44. The molecule has 3 heterocycles. The standard InChI is InChI=1S/C17H19N6.C9H7O.U/c1-21-10-12-22(13-11-21)15-7-5-14(6-8-15)18-17-19-16-4-2-3-9-23(16)20-17;1-2-9(10)8-6-4-3-5-7-8;/h2-3,5-9H,10-13H2,1H3,(H,18,20);2-4,6-7H,1H2;/q2*-1;+2. The number of piperazine rings is 1. The molecule has 1 fully saturated rings. The van der Waals surface area contributed by atoms with Gasteiger partial charge in [0.25, 0.3) is 0 Å². The third kappa shape index (κ3) is 6.80. The SMILES string of the molecule is C=CC(=O)c1c[c-]ccc1.CN1CCN(c2ccc(Nc3nc4[c-]cccn4n3)cc2)CC1.[U+2]. The van der Waals surface area contributed by atoms with E-state index in [1.54, 1.807) is 28.8 Å². The van der Waals surface area contributed by atoms with Crippen LogP contribution in [0, 0.1) is 43.2 Å². The van der Waals surface area contributed by atoms with Crippen LogP contribution < -0.4 is 10.2 Å². The van der Waals surface area contributed by atoms with Crippen LogP contribution in [0.2, 0.25) is 0 Å². The molecule has 0 radical (unpaired) electrons. The Bertz CT molecular complexity index is 1170. The largest absolute Gasteiger partial charge is 2.00 e. The van der Waals surface area contributed by atoms with Gasteiger partial charge in [0.2, 0.25) is 5.95 Å². The van der Waals surface area contributed by atoms with Crippen LogP contribution in [-0.2, 0) is 0 Å². The number of nitrogens with one attached hydrogen (secondary N) is 1. The number of nitrogens with zero attached hydrogens (tertiary/aromatic N) is 5. The number of hydrogen-bond acceptors (Lipinski definition) is 6. The number of benzene rings is 2. The zero-order chi connectivity index (χ0) is 23.0. The van der Waals surface area contributed by atoms with Gasteiger partial charge in [0.1, 0.15) is 5.78 Å². The van der Waals surface area contributed by atoms with Crippen molar-refractivity contribution in [3.05, 3.63) is 97.2 Å². The zero-order valence-electron chi connectivity index (χ0n) is 19.1. The molecule has 0 saturated carbocycles. The van der Waals surface area contributed by atoms with Gasteiger partial charge in [-0.1, -0.05) is 18.3 Å². The van der Waals surface area contributed by atoms with Crippen molar-refractivity contribution >= 4 is 28.8 Å². The van der Waals surface area contributed by atoms with Crippen LogP contribution in [0.15, 0.2) is 79.5 Å². The Hall–Kier alpha value is -2.92. The number of fused-ring (bicyclic) bond motifs is 1. The van der Waals surface area contributed by atoms with Crippen molar-refractivity contribution in [2.24, 2.45) is 0 Å². The minimum atomic E-state index is -0.0585. The van der Waals surface area contributed by atoms with Gasteiger partial charge in [0.05, 0.1) is 5.65 Å². The second-order valence-electron chi connectivity index (χ2n) is 7.68. The monoisotopic (exact) mass is 676 g/mol. The van der Waals surface area contributed by atoms with Crippen LogP contribution in [0.25, 0.3) is 5.65 Å². The van der Waals surface area contributed by atoms with E-state index in [4.69, 9.17) is 0 Å². The fourth-order valence-corrected chi connectivity index (χ4v) is 3.44. The van der Waals surface area contributed by atoms with E-state index in [9.17, 15) is 4.79 Å². The van der Waals surface area contributed by atoms with Crippen molar-refractivity contribution in [3.63, 3.8) is 0 Å². The van der Waals surface area contributed by atoms with Gasteiger partial charge in [0, 0.05) is 37.6 Å². The van der Waals surface area contributed by atoms with Crippen LogP contribution in [0.3, 0.4) is 0 Å². The maximum absolute atomic E-state index is 10.9. The van der Waals surface area contributed by atoms with Gasteiger partial charge in [-0.3, -0.25) is 4.52 Å². The summed E-state index contributed by atoms with van der Waals surface area (Å²) in [5, 5.41) is 7.62. The van der Waals surface area contributed by atoms with Crippen molar-refractivity contribution in [3.8, 4) is 0 Å². The first kappa shape index (κ1) is 25.7. The summed E-state index contributed by atoms with van der Waals surface area (Å²) >= 11 is 0. The second kappa shape index (κ2) is 12.5.